The maximum atomic E-state index is 5.14. The van der Waals surface area contributed by atoms with E-state index in [9.17, 15) is 0 Å². The van der Waals surface area contributed by atoms with Crippen LogP contribution in [0.3, 0.4) is 0 Å². The van der Waals surface area contributed by atoms with Crippen molar-refractivity contribution in [2.75, 3.05) is 13.7 Å². The minimum atomic E-state index is 0.369. The molecule has 0 fully saturated rings. The summed E-state index contributed by atoms with van der Waals surface area (Å²) in [5.74, 6) is 0. The molecule has 0 saturated carbocycles. The number of hydrogen-bond donors (Lipinski definition) is 1. The molecule has 0 aliphatic rings. The summed E-state index contributed by atoms with van der Waals surface area (Å²) in [6.07, 6.45) is 0. The maximum absolute atomic E-state index is 5.14. The van der Waals surface area contributed by atoms with Crippen molar-refractivity contribution in [2.45, 2.75) is 5.25 Å². The van der Waals surface area contributed by atoms with Crippen LogP contribution in [0.15, 0.2) is 30.3 Å². The Balaban J connectivity index is 2.64. The van der Waals surface area contributed by atoms with E-state index in [1.807, 2.05) is 18.2 Å². The van der Waals surface area contributed by atoms with Crippen LogP contribution in [0.5, 0.6) is 0 Å². The average molecular weight is 232 g/mol. The van der Waals surface area contributed by atoms with E-state index < -0.39 is 0 Å². The molecular formula is C9H12OS3. The zero-order valence-electron chi connectivity index (χ0n) is 7.34. The van der Waals surface area contributed by atoms with E-state index in [4.69, 9.17) is 4.74 Å². The first-order chi connectivity index (χ1) is 6.38. The van der Waals surface area contributed by atoms with Crippen molar-refractivity contribution in [1.29, 1.82) is 0 Å². The zero-order chi connectivity index (χ0) is 9.52. The third-order valence-electron chi connectivity index (χ3n) is 1.65. The zero-order valence-corrected chi connectivity index (χ0v) is 9.87. The van der Waals surface area contributed by atoms with Gasteiger partial charge in [0.25, 0.3) is 0 Å². The molecular weight excluding hydrogens is 220 g/mol. The van der Waals surface area contributed by atoms with E-state index in [1.165, 1.54) is 15.4 Å². The average Bonchev–Trinajstić information content (AvgIpc) is 2.19. The molecule has 0 aliphatic carbocycles. The van der Waals surface area contributed by atoms with E-state index in [-0.39, 0.29) is 0 Å². The van der Waals surface area contributed by atoms with Crippen molar-refractivity contribution >= 4 is 32.3 Å². The summed E-state index contributed by atoms with van der Waals surface area (Å²) in [6, 6.07) is 10.3. The molecule has 1 nitrogen and oxygen atoms in total. The Kier molecular flexibility index (Phi) is 5.78. The van der Waals surface area contributed by atoms with Gasteiger partial charge in [-0.15, -0.1) is 0 Å². The Morgan fingerprint density at radius 3 is 2.62 bits per heavy atom. The highest BCUT2D eigenvalue weighted by Gasteiger charge is 2.10. The Morgan fingerprint density at radius 2 is 2.08 bits per heavy atom. The number of benzene rings is 1. The standard InChI is InChI=1S/C9H12OS3/c1-10-7-9(12-13-11)8-5-3-2-4-6-8/h2-6,9,11H,7H2,1H3. The monoisotopic (exact) mass is 232 g/mol. The molecule has 1 atom stereocenters. The lowest BCUT2D eigenvalue weighted by Gasteiger charge is -2.13. The van der Waals surface area contributed by atoms with Gasteiger partial charge in [0.2, 0.25) is 0 Å². The van der Waals surface area contributed by atoms with Gasteiger partial charge in [-0.05, 0) is 15.4 Å². The highest BCUT2D eigenvalue weighted by atomic mass is 33.5. The third kappa shape index (κ3) is 3.85. The van der Waals surface area contributed by atoms with Crippen molar-refractivity contribution in [1.82, 2.24) is 0 Å². The summed E-state index contributed by atoms with van der Waals surface area (Å²) in [7, 11) is 4.91. The topological polar surface area (TPSA) is 9.23 Å². The first-order valence-electron chi connectivity index (χ1n) is 3.89. The highest BCUT2D eigenvalue weighted by molar-refractivity contribution is 9.05. The largest absolute Gasteiger partial charge is 0.383 e. The summed E-state index contributed by atoms with van der Waals surface area (Å²) in [4.78, 5) is 0. The van der Waals surface area contributed by atoms with Gasteiger partial charge in [-0.3, -0.25) is 0 Å². The first-order valence-corrected chi connectivity index (χ1v) is 7.15. The Morgan fingerprint density at radius 1 is 1.38 bits per heavy atom. The second kappa shape index (κ2) is 6.65. The summed E-state index contributed by atoms with van der Waals surface area (Å²) >= 11 is 4.13. The maximum Gasteiger partial charge on any atom is 0.0642 e. The van der Waals surface area contributed by atoms with Crippen molar-refractivity contribution < 1.29 is 4.74 Å². The third-order valence-corrected chi connectivity index (χ3v) is 4.10. The summed E-state index contributed by atoms with van der Waals surface area (Å²) in [5.41, 5.74) is 1.29. The minimum absolute atomic E-state index is 0.369. The van der Waals surface area contributed by atoms with E-state index in [1.54, 1.807) is 17.9 Å². The number of thiol groups is 1. The molecule has 1 unspecified atom stereocenters. The fourth-order valence-corrected chi connectivity index (χ4v) is 3.36. The smallest absolute Gasteiger partial charge is 0.0642 e. The second-order valence-corrected chi connectivity index (χ2v) is 5.80. The summed E-state index contributed by atoms with van der Waals surface area (Å²) in [6.45, 7) is 0.724. The van der Waals surface area contributed by atoms with Crippen LogP contribution in [0.2, 0.25) is 0 Å². The van der Waals surface area contributed by atoms with Gasteiger partial charge < -0.3 is 4.74 Å². The summed E-state index contributed by atoms with van der Waals surface area (Å²) in [5, 5.41) is 0.369. The van der Waals surface area contributed by atoms with Gasteiger partial charge in [-0.1, -0.05) is 52.8 Å². The molecule has 4 heteroatoms. The Bertz CT molecular complexity index is 222. The molecule has 0 aliphatic heterocycles. The molecule has 0 heterocycles. The molecule has 0 radical (unpaired) electrons. The highest BCUT2D eigenvalue weighted by Crippen LogP contribution is 2.39. The number of hydrogen-bond acceptors (Lipinski definition) is 4. The normalized spacial score (nSPS) is 12.8. The molecule has 72 valence electrons. The van der Waals surface area contributed by atoms with Gasteiger partial charge in [0, 0.05) is 7.11 Å². The van der Waals surface area contributed by atoms with Crippen LogP contribution in [0.1, 0.15) is 10.8 Å². The van der Waals surface area contributed by atoms with Crippen LogP contribution in [0.25, 0.3) is 0 Å². The van der Waals surface area contributed by atoms with E-state index >= 15 is 0 Å². The molecule has 13 heavy (non-hydrogen) atoms. The first kappa shape index (κ1) is 11.3. The van der Waals surface area contributed by atoms with E-state index in [0.29, 0.717) is 5.25 Å². The molecule has 1 rings (SSSR count). The van der Waals surface area contributed by atoms with E-state index in [0.717, 1.165) is 6.61 Å². The van der Waals surface area contributed by atoms with Gasteiger partial charge in [-0.2, -0.15) is 0 Å². The van der Waals surface area contributed by atoms with Crippen molar-refractivity contribution in [3.05, 3.63) is 35.9 Å². The molecule has 0 spiro atoms. The van der Waals surface area contributed by atoms with Gasteiger partial charge in [-0.25, -0.2) is 0 Å². The predicted octanol–water partition coefficient (Wildman–Crippen LogP) is 3.60. The van der Waals surface area contributed by atoms with Crippen molar-refractivity contribution in [3.8, 4) is 0 Å². The van der Waals surface area contributed by atoms with Gasteiger partial charge >= 0.3 is 0 Å². The number of rotatable bonds is 5. The lowest BCUT2D eigenvalue weighted by atomic mass is 10.2. The molecule has 0 amide bonds. The molecule has 0 aromatic heterocycles. The van der Waals surface area contributed by atoms with Crippen LogP contribution < -0.4 is 0 Å². The quantitative estimate of drug-likeness (QED) is 0.614. The van der Waals surface area contributed by atoms with Crippen LogP contribution in [-0.4, -0.2) is 13.7 Å². The van der Waals surface area contributed by atoms with Crippen molar-refractivity contribution in [3.63, 3.8) is 0 Å². The Hall–Kier alpha value is 0.230. The molecule has 1 aromatic carbocycles. The van der Waals surface area contributed by atoms with Crippen LogP contribution in [0.4, 0.5) is 0 Å². The Labute approximate surface area is 91.8 Å². The minimum Gasteiger partial charge on any atom is -0.383 e. The summed E-state index contributed by atoms with van der Waals surface area (Å²) < 4.78 is 5.14. The van der Waals surface area contributed by atoms with Crippen LogP contribution in [0, 0.1) is 0 Å². The SMILES string of the molecule is COCC(SSS)c1ccccc1. The van der Waals surface area contributed by atoms with Gasteiger partial charge in [0.1, 0.15) is 0 Å². The fourth-order valence-electron chi connectivity index (χ4n) is 1.05. The molecule has 1 aromatic rings. The van der Waals surface area contributed by atoms with E-state index in [2.05, 4.69) is 23.8 Å². The number of ether oxygens (including phenoxy) is 1. The fraction of sp³-hybridized carbons (Fsp3) is 0.333. The van der Waals surface area contributed by atoms with Crippen LogP contribution >= 0.6 is 32.3 Å². The molecule has 0 bridgehead atoms. The van der Waals surface area contributed by atoms with Crippen molar-refractivity contribution in [2.24, 2.45) is 0 Å². The van der Waals surface area contributed by atoms with Gasteiger partial charge in [0.05, 0.1) is 11.9 Å². The lowest BCUT2D eigenvalue weighted by Crippen LogP contribution is -2.00. The second-order valence-electron chi connectivity index (χ2n) is 2.53. The lowest BCUT2D eigenvalue weighted by molar-refractivity contribution is 0.200. The molecule has 0 N–H and O–H groups in total. The van der Waals surface area contributed by atoms with Gasteiger partial charge in [0.15, 0.2) is 0 Å². The molecule has 0 saturated heterocycles. The predicted molar refractivity (Wildman–Crippen MR) is 65.2 cm³/mol. The van der Waals surface area contributed by atoms with Crippen LogP contribution in [-0.2, 0) is 4.74 Å². The number of methoxy groups -OCH3 is 1.